The number of aryl methyl sites for hydroxylation is 2. The number of nitrogens with zero attached hydrogens (tertiary/aromatic N) is 3. The lowest BCUT2D eigenvalue weighted by atomic mass is 10.1. The van der Waals surface area contributed by atoms with Gasteiger partial charge >= 0.3 is 0 Å². The summed E-state index contributed by atoms with van der Waals surface area (Å²) in [6, 6.07) is 14.5. The van der Waals surface area contributed by atoms with E-state index in [1.807, 2.05) is 55.1 Å². The number of methoxy groups -OCH3 is 1. The Labute approximate surface area is 202 Å². The van der Waals surface area contributed by atoms with Gasteiger partial charge in [0, 0.05) is 50.9 Å². The molecule has 7 heteroatoms. The van der Waals surface area contributed by atoms with Gasteiger partial charge in [0.25, 0.3) is 0 Å². The second-order valence-electron chi connectivity index (χ2n) is 9.36. The van der Waals surface area contributed by atoms with E-state index in [0.29, 0.717) is 38.6 Å². The standard InChI is InChI=1S/C27H36N4O3/c1-20-8-9-21(2)23(18-20)28-26(32)19-31(22-10-11-22)13-12-27(33)30-16-14-29(15-17-30)24-6-4-5-7-25(24)34-3/h4-9,18,22H,10-17,19H2,1-3H3,(H,28,32). The van der Waals surface area contributed by atoms with Gasteiger partial charge in [0.1, 0.15) is 5.75 Å². The molecule has 1 heterocycles. The average molecular weight is 465 g/mol. The Morgan fingerprint density at radius 2 is 1.79 bits per heavy atom. The van der Waals surface area contributed by atoms with Crippen molar-refractivity contribution in [3.8, 4) is 5.75 Å². The summed E-state index contributed by atoms with van der Waals surface area (Å²) < 4.78 is 5.49. The zero-order valence-corrected chi connectivity index (χ0v) is 20.5. The van der Waals surface area contributed by atoms with Crippen LogP contribution in [0.25, 0.3) is 0 Å². The summed E-state index contributed by atoms with van der Waals surface area (Å²) >= 11 is 0. The van der Waals surface area contributed by atoms with Crippen LogP contribution in [0.5, 0.6) is 5.75 Å². The van der Waals surface area contributed by atoms with Gasteiger partial charge in [-0.1, -0.05) is 24.3 Å². The first kappa shape index (κ1) is 24.1. The maximum atomic E-state index is 12.9. The number of benzene rings is 2. The highest BCUT2D eigenvalue weighted by Gasteiger charge is 2.31. The fraction of sp³-hybridized carbons (Fsp3) is 0.481. The summed E-state index contributed by atoms with van der Waals surface area (Å²) in [6.45, 7) is 7.95. The third kappa shape index (κ3) is 6.08. The van der Waals surface area contributed by atoms with Crippen LogP contribution in [0, 0.1) is 13.8 Å². The summed E-state index contributed by atoms with van der Waals surface area (Å²) in [5.74, 6) is 1.01. The first-order chi connectivity index (χ1) is 16.4. The van der Waals surface area contributed by atoms with Gasteiger partial charge in [0.2, 0.25) is 11.8 Å². The van der Waals surface area contributed by atoms with E-state index in [1.54, 1.807) is 7.11 Å². The minimum absolute atomic E-state index is 0.0153. The zero-order chi connectivity index (χ0) is 24.1. The van der Waals surface area contributed by atoms with Crippen LogP contribution < -0.4 is 15.0 Å². The SMILES string of the molecule is COc1ccccc1N1CCN(C(=O)CCN(CC(=O)Nc2cc(C)ccc2C)C2CC2)CC1. The Morgan fingerprint density at radius 3 is 2.50 bits per heavy atom. The van der Waals surface area contributed by atoms with E-state index in [1.165, 1.54) is 0 Å². The van der Waals surface area contributed by atoms with Crippen molar-refractivity contribution in [2.75, 3.05) is 56.6 Å². The maximum absolute atomic E-state index is 12.9. The van der Waals surface area contributed by atoms with Crippen LogP contribution in [0.3, 0.4) is 0 Å². The number of amides is 2. The van der Waals surface area contributed by atoms with Crippen molar-refractivity contribution in [3.63, 3.8) is 0 Å². The van der Waals surface area contributed by atoms with Crippen LogP contribution in [0.4, 0.5) is 11.4 Å². The summed E-state index contributed by atoms with van der Waals surface area (Å²) in [5, 5.41) is 3.05. The van der Waals surface area contributed by atoms with Crippen molar-refractivity contribution >= 4 is 23.2 Å². The van der Waals surface area contributed by atoms with Gasteiger partial charge in [-0.05, 0) is 56.0 Å². The predicted molar refractivity (Wildman–Crippen MR) is 136 cm³/mol. The van der Waals surface area contributed by atoms with E-state index in [4.69, 9.17) is 4.74 Å². The molecule has 2 aromatic rings. The van der Waals surface area contributed by atoms with Gasteiger partial charge in [-0.3, -0.25) is 14.5 Å². The molecule has 7 nitrogen and oxygen atoms in total. The number of rotatable bonds is 9. The summed E-state index contributed by atoms with van der Waals surface area (Å²) in [7, 11) is 1.69. The molecule has 4 rings (SSSR count). The Balaban J connectivity index is 1.26. The molecular formula is C27H36N4O3. The van der Waals surface area contributed by atoms with Crippen LogP contribution in [-0.4, -0.2) is 74.0 Å². The average Bonchev–Trinajstić information content (AvgIpc) is 3.69. The number of hydrogen-bond donors (Lipinski definition) is 1. The van der Waals surface area contributed by atoms with E-state index < -0.39 is 0 Å². The Hall–Kier alpha value is -3.06. The van der Waals surface area contributed by atoms with Crippen molar-refractivity contribution in [1.29, 1.82) is 0 Å². The molecule has 0 unspecified atom stereocenters. The first-order valence-corrected chi connectivity index (χ1v) is 12.2. The lowest BCUT2D eigenvalue weighted by Gasteiger charge is -2.37. The smallest absolute Gasteiger partial charge is 0.238 e. The first-order valence-electron chi connectivity index (χ1n) is 12.2. The van der Waals surface area contributed by atoms with E-state index in [2.05, 4.69) is 21.2 Å². The quantitative estimate of drug-likeness (QED) is 0.616. The molecule has 0 atom stereocenters. The summed E-state index contributed by atoms with van der Waals surface area (Å²) in [4.78, 5) is 32.0. The molecule has 2 aromatic carbocycles. The van der Waals surface area contributed by atoms with Gasteiger partial charge in [-0.2, -0.15) is 0 Å². The molecule has 34 heavy (non-hydrogen) atoms. The maximum Gasteiger partial charge on any atom is 0.238 e. The fourth-order valence-electron chi connectivity index (χ4n) is 4.56. The molecule has 2 fully saturated rings. The normalized spacial score (nSPS) is 16.0. The van der Waals surface area contributed by atoms with E-state index >= 15 is 0 Å². The number of ether oxygens (including phenoxy) is 1. The lowest BCUT2D eigenvalue weighted by molar-refractivity contribution is -0.132. The molecule has 182 valence electrons. The van der Waals surface area contributed by atoms with Crippen molar-refractivity contribution in [3.05, 3.63) is 53.6 Å². The van der Waals surface area contributed by atoms with Crippen LogP contribution in [0.2, 0.25) is 0 Å². The molecule has 1 aliphatic carbocycles. The summed E-state index contributed by atoms with van der Waals surface area (Å²) in [5.41, 5.74) is 4.12. The zero-order valence-electron chi connectivity index (χ0n) is 20.5. The lowest BCUT2D eigenvalue weighted by Crippen LogP contribution is -2.49. The molecule has 1 saturated carbocycles. The largest absolute Gasteiger partial charge is 0.495 e. The second-order valence-corrected chi connectivity index (χ2v) is 9.36. The third-order valence-corrected chi connectivity index (χ3v) is 6.75. The number of nitrogens with one attached hydrogen (secondary N) is 1. The van der Waals surface area contributed by atoms with Crippen LogP contribution in [0.1, 0.15) is 30.4 Å². The Morgan fingerprint density at radius 1 is 1.06 bits per heavy atom. The molecular weight excluding hydrogens is 428 g/mol. The highest BCUT2D eigenvalue weighted by Crippen LogP contribution is 2.29. The van der Waals surface area contributed by atoms with E-state index in [9.17, 15) is 9.59 Å². The van der Waals surface area contributed by atoms with E-state index in [-0.39, 0.29) is 11.8 Å². The van der Waals surface area contributed by atoms with Gasteiger partial charge < -0.3 is 19.9 Å². The molecule has 1 aliphatic heterocycles. The minimum atomic E-state index is -0.0153. The number of para-hydroxylation sites is 2. The van der Waals surface area contributed by atoms with Crippen LogP contribution >= 0.6 is 0 Å². The van der Waals surface area contributed by atoms with Crippen LogP contribution in [-0.2, 0) is 9.59 Å². The molecule has 2 aliphatic rings. The van der Waals surface area contributed by atoms with Crippen molar-refractivity contribution in [1.82, 2.24) is 9.80 Å². The Bertz CT molecular complexity index is 1010. The molecule has 1 saturated heterocycles. The molecule has 0 bridgehead atoms. The highest BCUT2D eigenvalue weighted by molar-refractivity contribution is 5.93. The molecule has 0 radical (unpaired) electrons. The fourth-order valence-corrected chi connectivity index (χ4v) is 4.56. The van der Waals surface area contributed by atoms with Crippen molar-refractivity contribution in [2.45, 2.75) is 39.2 Å². The number of anilines is 2. The van der Waals surface area contributed by atoms with E-state index in [0.717, 1.165) is 54.2 Å². The van der Waals surface area contributed by atoms with Crippen LogP contribution in [0.15, 0.2) is 42.5 Å². The number of carbonyl (C=O) groups excluding carboxylic acids is 2. The monoisotopic (exact) mass is 464 g/mol. The van der Waals surface area contributed by atoms with Crippen molar-refractivity contribution < 1.29 is 14.3 Å². The molecule has 2 amide bonds. The highest BCUT2D eigenvalue weighted by atomic mass is 16.5. The van der Waals surface area contributed by atoms with Gasteiger partial charge in [0.15, 0.2) is 0 Å². The predicted octanol–water partition coefficient (Wildman–Crippen LogP) is 3.45. The topological polar surface area (TPSA) is 65.1 Å². The third-order valence-electron chi connectivity index (χ3n) is 6.75. The van der Waals surface area contributed by atoms with Gasteiger partial charge in [-0.25, -0.2) is 0 Å². The second kappa shape index (κ2) is 10.9. The number of hydrogen-bond acceptors (Lipinski definition) is 5. The number of piperazine rings is 1. The Kier molecular flexibility index (Phi) is 7.73. The van der Waals surface area contributed by atoms with Crippen molar-refractivity contribution in [2.24, 2.45) is 0 Å². The number of carbonyl (C=O) groups is 2. The molecule has 0 spiro atoms. The van der Waals surface area contributed by atoms with Gasteiger partial charge in [0.05, 0.1) is 19.3 Å². The molecule has 0 aromatic heterocycles. The summed E-state index contributed by atoms with van der Waals surface area (Å²) in [6.07, 6.45) is 2.65. The van der Waals surface area contributed by atoms with Gasteiger partial charge in [-0.15, -0.1) is 0 Å². The molecule has 1 N–H and O–H groups in total. The minimum Gasteiger partial charge on any atom is -0.495 e.